The van der Waals surface area contributed by atoms with Gasteiger partial charge in [-0.1, -0.05) is 24.6 Å². The first-order chi connectivity index (χ1) is 9.74. The fourth-order valence-electron chi connectivity index (χ4n) is 2.00. The Bertz CT molecular complexity index is 561. The molecule has 0 aliphatic heterocycles. The van der Waals surface area contributed by atoms with Crippen LogP contribution in [-0.2, 0) is 9.84 Å². The third-order valence-electron chi connectivity index (χ3n) is 3.38. The van der Waals surface area contributed by atoms with Gasteiger partial charge in [0.05, 0.1) is 16.5 Å². The van der Waals surface area contributed by atoms with E-state index in [1.807, 2.05) is 30.1 Å². The zero-order valence-corrected chi connectivity index (χ0v) is 14.8. The van der Waals surface area contributed by atoms with Crippen molar-refractivity contribution in [1.29, 1.82) is 0 Å². The van der Waals surface area contributed by atoms with Crippen molar-refractivity contribution in [3.63, 3.8) is 0 Å². The first kappa shape index (κ1) is 18.3. The average molecular weight is 333 g/mol. The van der Waals surface area contributed by atoms with Gasteiger partial charge in [0.15, 0.2) is 0 Å². The number of anilines is 1. The lowest BCUT2D eigenvalue weighted by atomic mass is 10.1. The molecule has 6 heteroatoms. The van der Waals surface area contributed by atoms with Crippen LogP contribution >= 0.6 is 11.6 Å². The molecule has 0 amide bonds. The third-order valence-corrected chi connectivity index (χ3v) is 4.61. The van der Waals surface area contributed by atoms with Gasteiger partial charge < -0.3 is 10.2 Å². The summed E-state index contributed by atoms with van der Waals surface area (Å²) in [6, 6.07) is 6.18. The van der Waals surface area contributed by atoms with Crippen LogP contribution in [0.4, 0.5) is 5.69 Å². The number of rotatable bonds is 8. The third kappa shape index (κ3) is 6.24. The predicted octanol–water partition coefficient (Wildman–Crippen LogP) is 2.88. The van der Waals surface area contributed by atoms with Gasteiger partial charge in [-0.15, -0.1) is 0 Å². The van der Waals surface area contributed by atoms with E-state index in [2.05, 4.69) is 19.2 Å². The number of nitrogens with zero attached hydrogens (tertiary/aromatic N) is 1. The second-order valence-electron chi connectivity index (χ2n) is 5.44. The van der Waals surface area contributed by atoms with Crippen LogP contribution in [0.5, 0.6) is 0 Å². The maximum atomic E-state index is 11.2. The van der Waals surface area contributed by atoms with E-state index in [0.717, 1.165) is 24.2 Å². The minimum absolute atomic E-state index is 0.121. The highest BCUT2D eigenvalue weighted by Crippen LogP contribution is 2.28. The molecule has 1 unspecified atom stereocenters. The molecule has 0 spiro atoms. The van der Waals surface area contributed by atoms with Crippen molar-refractivity contribution in [3.05, 3.63) is 28.8 Å². The van der Waals surface area contributed by atoms with Gasteiger partial charge in [-0.2, -0.15) is 0 Å². The van der Waals surface area contributed by atoms with E-state index in [0.29, 0.717) is 11.6 Å². The fraction of sp³-hybridized carbons (Fsp3) is 0.600. The fourth-order valence-corrected chi connectivity index (χ4v) is 2.94. The lowest BCUT2D eigenvalue weighted by molar-refractivity contribution is 0.571. The van der Waals surface area contributed by atoms with E-state index in [1.54, 1.807) is 0 Å². The second-order valence-corrected chi connectivity index (χ2v) is 8.11. The largest absolute Gasteiger partial charge is 0.372 e. The van der Waals surface area contributed by atoms with E-state index < -0.39 is 9.84 Å². The summed E-state index contributed by atoms with van der Waals surface area (Å²) in [5.41, 5.74) is 1.99. The molecule has 0 aliphatic rings. The van der Waals surface area contributed by atoms with Crippen LogP contribution in [0, 0.1) is 0 Å². The Morgan fingerprint density at radius 2 is 2.05 bits per heavy atom. The first-order valence-electron chi connectivity index (χ1n) is 7.16. The molecular weight excluding hydrogens is 308 g/mol. The van der Waals surface area contributed by atoms with Crippen LogP contribution in [0.25, 0.3) is 0 Å². The molecule has 1 N–H and O–H groups in total. The number of sulfone groups is 1. The van der Waals surface area contributed by atoms with Crippen molar-refractivity contribution in [3.8, 4) is 0 Å². The van der Waals surface area contributed by atoms with E-state index in [4.69, 9.17) is 11.6 Å². The zero-order valence-electron chi connectivity index (χ0n) is 13.2. The molecule has 0 aliphatic carbocycles. The molecule has 1 atom stereocenters. The van der Waals surface area contributed by atoms with Crippen LogP contribution in [0.3, 0.4) is 0 Å². The Morgan fingerprint density at radius 3 is 2.57 bits per heavy atom. The van der Waals surface area contributed by atoms with Crippen LogP contribution in [0.1, 0.15) is 31.9 Å². The molecule has 1 aromatic rings. The number of hydrogen-bond donors (Lipinski definition) is 1. The van der Waals surface area contributed by atoms with Crippen molar-refractivity contribution >= 4 is 27.1 Å². The molecule has 0 saturated heterocycles. The van der Waals surface area contributed by atoms with Crippen LogP contribution < -0.4 is 10.2 Å². The Labute approximate surface area is 133 Å². The second kappa shape index (κ2) is 8.01. The molecule has 0 saturated carbocycles. The van der Waals surface area contributed by atoms with Crippen LogP contribution in [-0.4, -0.2) is 40.6 Å². The van der Waals surface area contributed by atoms with Crippen molar-refractivity contribution < 1.29 is 8.42 Å². The molecular formula is C15H25ClN2O2S. The summed E-state index contributed by atoms with van der Waals surface area (Å²) >= 11 is 6.33. The molecule has 21 heavy (non-hydrogen) atoms. The summed E-state index contributed by atoms with van der Waals surface area (Å²) in [6.45, 7) is 5.64. The summed E-state index contributed by atoms with van der Waals surface area (Å²) in [5.74, 6) is 0.121. The summed E-state index contributed by atoms with van der Waals surface area (Å²) in [4.78, 5) is 1.87. The smallest absolute Gasteiger partial charge is 0.149 e. The van der Waals surface area contributed by atoms with Crippen molar-refractivity contribution in [2.75, 3.05) is 37.0 Å². The Kier molecular flexibility index (Phi) is 6.97. The summed E-state index contributed by atoms with van der Waals surface area (Å²) in [6.07, 6.45) is 2.33. The van der Waals surface area contributed by atoms with Gasteiger partial charge >= 0.3 is 0 Å². The van der Waals surface area contributed by atoms with Gasteiger partial charge in [0, 0.05) is 25.9 Å². The van der Waals surface area contributed by atoms with E-state index in [-0.39, 0.29) is 11.8 Å². The monoisotopic (exact) mass is 332 g/mol. The molecule has 0 fully saturated rings. The molecule has 0 heterocycles. The number of nitrogens with one attached hydrogen (secondary N) is 1. The predicted molar refractivity (Wildman–Crippen MR) is 91.1 cm³/mol. The Balaban J connectivity index is 2.77. The number of benzene rings is 1. The molecule has 0 aromatic heterocycles. The quantitative estimate of drug-likeness (QED) is 0.795. The highest BCUT2D eigenvalue weighted by molar-refractivity contribution is 7.90. The lowest BCUT2D eigenvalue weighted by Crippen LogP contribution is -2.25. The minimum Gasteiger partial charge on any atom is -0.372 e. The van der Waals surface area contributed by atoms with Crippen molar-refractivity contribution in [1.82, 2.24) is 5.32 Å². The SMILES string of the molecule is CCCNC(C)c1ccc(N(C)CCS(C)(=O)=O)c(Cl)c1. The van der Waals surface area contributed by atoms with Gasteiger partial charge in [-0.05, 0) is 37.6 Å². The molecule has 1 aromatic carbocycles. The normalized spacial score (nSPS) is 13.2. The number of hydrogen-bond acceptors (Lipinski definition) is 4. The van der Waals surface area contributed by atoms with Crippen molar-refractivity contribution in [2.24, 2.45) is 0 Å². The zero-order chi connectivity index (χ0) is 16.0. The lowest BCUT2D eigenvalue weighted by Gasteiger charge is -2.22. The van der Waals surface area contributed by atoms with E-state index >= 15 is 0 Å². The van der Waals surface area contributed by atoms with E-state index in [9.17, 15) is 8.42 Å². The van der Waals surface area contributed by atoms with Crippen LogP contribution in [0.2, 0.25) is 5.02 Å². The van der Waals surface area contributed by atoms with Crippen LogP contribution in [0.15, 0.2) is 18.2 Å². The van der Waals surface area contributed by atoms with Gasteiger partial charge in [-0.3, -0.25) is 0 Å². The van der Waals surface area contributed by atoms with Crippen molar-refractivity contribution in [2.45, 2.75) is 26.3 Å². The summed E-state index contributed by atoms with van der Waals surface area (Å²) in [7, 11) is -1.11. The molecule has 1 rings (SSSR count). The topological polar surface area (TPSA) is 49.4 Å². The Hall–Kier alpha value is -0.780. The highest BCUT2D eigenvalue weighted by Gasteiger charge is 2.12. The highest BCUT2D eigenvalue weighted by atomic mass is 35.5. The Morgan fingerprint density at radius 1 is 1.38 bits per heavy atom. The standard InChI is InChI=1S/C15H25ClN2O2S/c1-5-8-17-12(2)13-6-7-15(14(16)11-13)18(3)9-10-21(4,19)20/h6-7,11-12,17H,5,8-10H2,1-4H3. The van der Waals surface area contributed by atoms with Gasteiger partial charge in [0.2, 0.25) is 0 Å². The minimum atomic E-state index is -2.97. The number of halogens is 1. The van der Waals surface area contributed by atoms with Gasteiger partial charge in [0.1, 0.15) is 9.84 Å². The first-order valence-corrected chi connectivity index (χ1v) is 9.60. The van der Waals surface area contributed by atoms with E-state index in [1.165, 1.54) is 6.26 Å². The molecule has 120 valence electrons. The van der Waals surface area contributed by atoms with Gasteiger partial charge in [-0.25, -0.2) is 8.42 Å². The summed E-state index contributed by atoms with van der Waals surface area (Å²) in [5, 5.41) is 4.06. The van der Waals surface area contributed by atoms with Gasteiger partial charge in [0.25, 0.3) is 0 Å². The maximum absolute atomic E-state index is 11.2. The molecule has 4 nitrogen and oxygen atoms in total. The molecule has 0 radical (unpaired) electrons. The maximum Gasteiger partial charge on any atom is 0.149 e. The average Bonchev–Trinajstić information content (AvgIpc) is 2.41. The summed E-state index contributed by atoms with van der Waals surface area (Å²) < 4.78 is 22.5. The molecule has 0 bridgehead atoms.